The molecule has 2 aliphatic rings. The molecule has 2 atom stereocenters. The second-order valence-electron chi connectivity index (χ2n) is 5.83. The van der Waals surface area contributed by atoms with E-state index >= 15 is 0 Å². The summed E-state index contributed by atoms with van der Waals surface area (Å²) in [6.07, 6.45) is 5.87. The average Bonchev–Trinajstić information content (AvgIpc) is 2.82. The Hall–Kier alpha value is -0.850. The Bertz CT molecular complexity index is 488. The van der Waals surface area contributed by atoms with Crippen molar-refractivity contribution in [2.24, 2.45) is 5.92 Å². The highest BCUT2D eigenvalue weighted by atomic mass is 79.9. The van der Waals surface area contributed by atoms with Crippen molar-refractivity contribution < 1.29 is 0 Å². The fourth-order valence-electron chi connectivity index (χ4n) is 3.43. The van der Waals surface area contributed by atoms with Gasteiger partial charge in [0.15, 0.2) is 0 Å². The first-order valence-electron chi connectivity index (χ1n) is 7.18. The predicted molar refractivity (Wildman–Crippen MR) is 79.8 cm³/mol. The van der Waals surface area contributed by atoms with Gasteiger partial charge in [0.2, 0.25) is 0 Å². The third-order valence-corrected chi connectivity index (χ3v) is 5.34. The highest BCUT2D eigenvalue weighted by molar-refractivity contribution is 9.10. The molecule has 0 amide bonds. The minimum Gasteiger partial charge on any atom is -0.310 e. The molecule has 2 unspecified atom stereocenters. The van der Waals surface area contributed by atoms with Crippen molar-refractivity contribution in [3.05, 3.63) is 34.3 Å². The van der Waals surface area contributed by atoms with E-state index in [1.807, 2.05) is 0 Å². The molecule has 19 heavy (non-hydrogen) atoms. The lowest BCUT2D eigenvalue weighted by atomic mass is 9.75. The van der Waals surface area contributed by atoms with Crippen LogP contribution < -0.4 is 5.32 Å². The van der Waals surface area contributed by atoms with E-state index in [0.717, 1.165) is 6.42 Å². The van der Waals surface area contributed by atoms with Crippen molar-refractivity contribution >= 4 is 15.9 Å². The standard InChI is InChI=1S/C16H19BrN2/c17-15-6-2-1-5-14(15)12-8-13(9-12)19-16-7-3-4-11(16)10-18/h1-2,5-6,11-13,16,19H,3-4,7-9H2. The molecule has 3 rings (SSSR count). The summed E-state index contributed by atoms with van der Waals surface area (Å²) in [6, 6.07) is 12.0. The van der Waals surface area contributed by atoms with E-state index in [9.17, 15) is 0 Å². The quantitative estimate of drug-likeness (QED) is 0.915. The SMILES string of the molecule is N#CC1CCCC1NC1CC(c2ccccc2Br)C1. The van der Waals surface area contributed by atoms with Gasteiger partial charge in [0.05, 0.1) is 12.0 Å². The molecule has 2 fully saturated rings. The maximum atomic E-state index is 9.11. The van der Waals surface area contributed by atoms with Crippen molar-refractivity contribution in [1.82, 2.24) is 5.32 Å². The van der Waals surface area contributed by atoms with E-state index in [-0.39, 0.29) is 5.92 Å². The third kappa shape index (κ3) is 2.70. The van der Waals surface area contributed by atoms with Gasteiger partial charge in [-0.3, -0.25) is 0 Å². The van der Waals surface area contributed by atoms with Gasteiger partial charge >= 0.3 is 0 Å². The average molecular weight is 319 g/mol. The smallest absolute Gasteiger partial charge is 0.0672 e. The summed E-state index contributed by atoms with van der Waals surface area (Å²) in [7, 11) is 0. The molecule has 1 N–H and O–H groups in total. The summed E-state index contributed by atoms with van der Waals surface area (Å²) in [4.78, 5) is 0. The maximum absolute atomic E-state index is 9.11. The van der Waals surface area contributed by atoms with Crippen molar-refractivity contribution in [3.8, 4) is 6.07 Å². The molecule has 0 aromatic heterocycles. The molecule has 100 valence electrons. The largest absolute Gasteiger partial charge is 0.310 e. The minimum absolute atomic E-state index is 0.238. The number of nitrogens with one attached hydrogen (secondary N) is 1. The molecular weight excluding hydrogens is 300 g/mol. The second kappa shape index (κ2) is 5.64. The highest BCUT2D eigenvalue weighted by Gasteiger charge is 2.35. The number of hydrogen-bond acceptors (Lipinski definition) is 2. The van der Waals surface area contributed by atoms with Crippen LogP contribution in [0.4, 0.5) is 0 Å². The number of hydrogen-bond donors (Lipinski definition) is 1. The van der Waals surface area contributed by atoms with E-state index in [1.165, 1.54) is 35.7 Å². The fourth-order valence-corrected chi connectivity index (χ4v) is 4.04. The van der Waals surface area contributed by atoms with E-state index < -0.39 is 0 Å². The van der Waals surface area contributed by atoms with Crippen LogP contribution in [0, 0.1) is 17.2 Å². The Kier molecular flexibility index (Phi) is 3.91. The maximum Gasteiger partial charge on any atom is 0.0672 e. The van der Waals surface area contributed by atoms with Gasteiger partial charge in [0.1, 0.15) is 0 Å². The molecular formula is C16H19BrN2. The van der Waals surface area contributed by atoms with Crippen molar-refractivity contribution in [2.45, 2.75) is 50.1 Å². The summed E-state index contributed by atoms with van der Waals surface area (Å²) in [5.74, 6) is 0.914. The van der Waals surface area contributed by atoms with Gasteiger partial charge < -0.3 is 5.32 Å². The molecule has 0 spiro atoms. The van der Waals surface area contributed by atoms with Gasteiger partial charge in [-0.15, -0.1) is 0 Å². The predicted octanol–water partition coefficient (Wildman–Crippen LogP) is 3.98. The lowest BCUT2D eigenvalue weighted by molar-refractivity contribution is 0.254. The molecule has 0 aliphatic heterocycles. The van der Waals surface area contributed by atoms with Crippen LogP contribution >= 0.6 is 15.9 Å². The van der Waals surface area contributed by atoms with E-state index in [2.05, 4.69) is 51.6 Å². The van der Waals surface area contributed by atoms with Gasteiger partial charge in [-0.25, -0.2) is 0 Å². The van der Waals surface area contributed by atoms with Crippen molar-refractivity contribution in [2.75, 3.05) is 0 Å². The first-order valence-corrected chi connectivity index (χ1v) is 7.97. The van der Waals surface area contributed by atoms with Crippen LogP contribution in [-0.4, -0.2) is 12.1 Å². The van der Waals surface area contributed by atoms with Gasteiger partial charge in [-0.1, -0.05) is 40.5 Å². The summed E-state index contributed by atoms with van der Waals surface area (Å²) in [6.45, 7) is 0. The van der Waals surface area contributed by atoms with Gasteiger partial charge in [0.25, 0.3) is 0 Å². The summed E-state index contributed by atoms with van der Waals surface area (Å²) in [5.41, 5.74) is 1.43. The second-order valence-corrected chi connectivity index (χ2v) is 6.68. The normalized spacial score (nSPS) is 33.7. The van der Waals surface area contributed by atoms with Gasteiger partial charge in [0, 0.05) is 16.6 Å². The van der Waals surface area contributed by atoms with Crippen LogP contribution in [0.5, 0.6) is 0 Å². The van der Waals surface area contributed by atoms with Crippen LogP contribution in [0.1, 0.15) is 43.6 Å². The Labute approximate surface area is 123 Å². The molecule has 0 saturated heterocycles. The van der Waals surface area contributed by atoms with E-state index in [4.69, 9.17) is 5.26 Å². The minimum atomic E-state index is 0.238. The lowest BCUT2D eigenvalue weighted by Crippen LogP contribution is -2.46. The monoisotopic (exact) mass is 318 g/mol. The molecule has 2 aliphatic carbocycles. The Morgan fingerprint density at radius 3 is 2.74 bits per heavy atom. The zero-order valence-electron chi connectivity index (χ0n) is 11.0. The first kappa shape index (κ1) is 13.1. The van der Waals surface area contributed by atoms with Crippen molar-refractivity contribution in [3.63, 3.8) is 0 Å². The Morgan fingerprint density at radius 1 is 1.21 bits per heavy atom. The zero-order valence-corrected chi connectivity index (χ0v) is 12.6. The molecule has 2 saturated carbocycles. The summed E-state index contributed by atoms with van der Waals surface area (Å²) in [5, 5.41) is 12.8. The molecule has 1 aromatic rings. The highest BCUT2D eigenvalue weighted by Crippen LogP contribution is 2.41. The van der Waals surface area contributed by atoms with E-state index in [1.54, 1.807) is 0 Å². The summed E-state index contributed by atoms with van der Waals surface area (Å²) >= 11 is 3.64. The fraction of sp³-hybridized carbons (Fsp3) is 0.562. The number of rotatable bonds is 3. The molecule has 0 radical (unpaired) electrons. The zero-order chi connectivity index (χ0) is 13.2. The number of nitriles is 1. The van der Waals surface area contributed by atoms with Crippen LogP contribution in [0.25, 0.3) is 0 Å². The lowest BCUT2D eigenvalue weighted by Gasteiger charge is -2.39. The van der Waals surface area contributed by atoms with Gasteiger partial charge in [-0.2, -0.15) is 5.26 Å². The topological polar surface area (TPSA) is 35.8 Å². The molecule has 3 heteroatoms. The molecule has 0 heterocycles. The van der Waals surface area contributed by atoms with E-state index in [0.29, 0.717) is 18.0 Å². The molecule has 2 nitrogen and oxygen atoms in total. The van der Waals surface area contributed by atoms with Crippen LogP contribution in [0.2, 0.25) is 0 Å². The third-order valence-electron chi connectivity index (χ3n) is 4.61. The molecule has 0 bridgehead atoms. The van der Waals surface area contributed by atoms with Crippen LogP contribution in [0.15, 0.2) is 28.7 Å². The number of benzene rings is 1. The van der Waals surface area contributed by atoms with Crippen molar-refractivity contribution in [1.29, 1.82) is 5.26 Å². The van der Waals surface area contributed by atoms with Crippen LogP contribution in [0.3, 0.4) is 0 Å². The van der Waals surface area contributed by atoms with Gasteiger partial charge in [-0.05, 0) is 43.2 Å². The number of halogens is 1. The van der Waals surface area contributed by atoms with Crippen LogP contribution in [-0.2, 0) is 0 Å². The Balaban J connectivity index is 1.54. The Morgan fingerprint density at radius 2 is 2.00 bits per heavy atom. The molecule has 1 aromatic carbocycles. The first-order chi connectivity index (χ1) is 9.28. The summed E-state index contributed by atoms with van der Waals surface area (Å²) < 4.78 is 1.23. The number of nitrogens with zero attached hydrogens (tertiary/aromatic N) is 1.